The summed E-state index contributed by atoms with van der Waals surface area (Å²) in [6, 6.07) is 0. The molecule has 3 unspecified atom stereocenters. The van der Waals surface area contributed by atoms with Gasteiger partial charge in [0.2, 0.25) is 0 Å². The highest BCUT2D eigenvalue weighted by molar-refractivity contribution is 7.47. The minimum atomic E-state index is -4.76. The summed E-state index contributed by atoms with van der Waals surface area (Å²) < 4.78 is 39.4. The Labute approximate surface area is 438 Å². The summed E-state index contributed by atoms with van der Waals surface area (Å²) in [4.78, 5) is 48.5. The zero-order valence-electron chi connectivity index (χ0n) is 45.4. The first-order valence-corrected chi connectivity index (χ1v) is 29.6. The summed E-state index contributed by atoms with van der Waals surface area (Å²) in [6.45, 7) is 4.34. The van der Waals surface area contributed by atoms with Crippen molar-refractivity contribution >= 4 is 25.7 Å². The molecule has 12 heteroatoms. The molecule has 0 aliphatic heterocycles. The second kappa shape index (κ2) is 53.7. The molecule has 0 spiro atoms. The molecule has 0 fully saturated rings. The van der Waals surface area contributed by atoms with Gasteiger partial charge in [0, 0.05) is 19.3 Å². The van der Waals surface area contributed by atoms with Crippen LogP contribution in [-0.4, -0.2) is 66.5 Å². The average molecular weight is 1030 g/mol. The van der Waals surface area contributed by atoms with E-state index in [1.807, 2.05) is 0 Å². The maximum atomic E-state index is 12.9. The maximum Gasteiger partial charge on any atom is 0.472 e. The lowest BCUT2D eigenvalue weighted by Crippen LogP contribution is -2.30. The summed E-state index contributed by atoms with van der Waals surface area (Å²) in [5.41, 5.74) is 0. The fourth-order valence-electron chi connectivity index (χ4n) is 7.28. The van der Waals surface area contributed by atoms with Crippen molar-refractivity contribution in [2.24, 2.45) is 0 Å². The van der Waals surface area contributed by atoms with Gasteiger partial charge in [-0.05, 0) is 96.3 Å². The van der Waals surface area contributed by atoms with Gasteiger partial charge in [-0.2, -0.15) is 0 Å². The summed E-state index contributed by atoms with van der Waals surface area (Å²) in [5.74, 6) is -1.53. The fraction of sp³-hybridized carbons (Fsp3) is 0.683. The molecule has 0 aromatic carbocycles. The summed E-state index contributed by atoms with van der Waals surface area (Å²) in [5, 5.41) is 9.79. The van der Waals surface area contributed by atoms with Crippen molar-refractivity contribution in [2.45, 2.75) is 238 Å². The van der Waals surface area contributed by atoms with Crippen LogP contribution in [0.1, 0.15) is 226 Å². The molecular formula is C60H101O11P. The lowest BCUT2D eigenvalue weighted by atomic mass is 10.1. The molecule has 0 aliphatic carbocycles. The highest BCUT2D eigenvalue weighted by atomic mass is 31.2. The monoisotopic (exact) mass is 1030 g/mol. The largest absolute Gasteiger partial charge is 0.472 e. The van der Waals surface area contributed by atoms with Crippen molar-refractivity contribution < 1.29 is 52.2 Å². The van der Waals surface area contributed by atoms with Gasteiger partial charge in [0.1, 0.15) is 12.7 Å². The Bertz CT molecular complexity index is 1580. The van der Waals surface area contributed by atoms with Crippen LogP contribution in [0.15, 0.2) is 97.2 Å². The summed E-state index contributed by atoms with van der Waals surface area (Å²) in [7, 11) is -4.76. The van der Waals surface area contributed by atoms with Gasteiger partial charge in [-0.3, -0.25) is 23.4 Å². The van der Waals surface area contributed by atoms with Crippen molar-refractivity contribution in [3.63, 3.8) is 0 Å². The molecule has 0 bridgehead atoms. The van der Waals surface area contributed by atoms with E-state index in [1.54, 1.807) is 0 Å². The molecule has 0 amide bonds. The van der Waals surface area contributed by atoms with Gasteiger partial charge in [-0.1, -0.05) is 208 Å². The molecule has 11 nitrogen and oxygen atoms in total. The van der Waals surface area contributed by atoms with E-state index in [0.29, 0.717) is 19.3 Å². The Morgan fingerprint density at radius 1 is 0.403 bits per heavy atom. The molecular weight excluding hydrogens is 928 g/mol. The molecule has 0 aromatic rings. The van der Waals surface area contributed by atoms with Crippen LogP contribution in [0.25, 0.3) is 0 Å². The Morgan fingerprint density at radius 2 is 0.722 bits per heavy atom. The molecule has 3 atom stereocenters. The van der Waals surface area contributed by atoms with E-state index in [4.69, 9.17) is 23.3 Å². The highest BCUT2D eigenvalue weighted by Gasteiger charge is 2.28. The van der Waals surface area contributed by atoms with Crippen molar-refractivity contribution in [1.82, 2.24) is 0 Å². The van der Waals surface area contributed by atoms with Crippen LogP contribution in [-0.2, 0) is 42.2 Å². The molecule has 0 aromatic heterocycles. The topological polar surface area (TPSA) is 155 Å². The van der Waals surface area contributed by atoms with Gasteiger partial charge in [0.05, 0.1) is 19.8 Å². The molecule has 0 saturated carbocycles. The molecule has 412 valence electrons. The highest BCUT2D eigenvalue weighted by Crippen LogP contribution is 2.43. The molecule has 0 rings (SSSR count). The van der Waals surface area contributed by atoms with Crippen LogP contribution in [0, 0.1) is 0 Å². The molecule has 0 aliphatic rings. The number of aliphatic hydroxyl groups excluding tert-OH is 1. The predicted molar refractivity (Wildman–Crippen MR) is 297 cm³/mol. The van der Waals surface area contributed by atoms with Crippen LogP contribution >= 0.6 is 7.82 Å². The third kappa shape index (κ3) is 51.3. The van der Waals surface area contributed by atoms with E-state index in [9.17, 15) is 28.9 Å². The van der Waals surface area contributed by atoms with Crippen LogP contribution < -0.4 is 0 Å². The van der Waals surface area contributed by atoms with Crippen molar-refractivity contribution in [3.8, 4) is 0 Å². The quantitative estimate of drug-likeness (QED) is 0.0197. The number of carbonyl (C=O) groups is 3. The fourth-order valence-corrected chi connectivity index (χ4v) is 8.06. The number of aliphatic hydroxyl groups is 1. The van der Waals surface area contributed by atoms with Gasteiger partial charge in [-0.25, -0.2) is 4.57 Å². The van der Waals surface area contributed by atoms with E-state index in [-0.39, 0.29) is 25.9 Å². The zero-order chi connectivity index (χ0) is 52.7. The third-order valence-corrected chi connectivity index (χ3v) is 12.5. The van der Waals surface area contributed by atoms with E-state index >= 15 is 0 Å². The van der Waals surface area contributed by atoms with Crippen molar-refractivity contribution in [3.05, 3.63) is 97.2 Å². The van der Waals surface area contributed by atoms with E-state index < -0.39 is 57.8 Å². The number of hydrogen-bond acceptors (Lipinski definition) is 10. The standard InChI is InChI=1S/C60H101O11P/c1-4-7-10-13-16-19-22-24-26-27-28-29-31-32-35-37-40-43-46-49-58(62)67-53-57(71-60(64)51-48-45-42-39-36-33-30-25-23-20-17-14-11-8-5-2)55-69-72(65,66)68-54-56(52-61)70-59(63)50-47-44-41-38-34-21-18-15-12-9-6-3/h7-8,10-11,16-17,19-20,24-26,28-30,32,35,56-57,61H,4-6,9,12-15,18,21-23,27,31,33-34,36-55H2,1-3H3,(H,65,66)/b10-7-,11-8-,19-16-,20-17-,26-24-,29-28-,30-25-,35-32-. The van der Waals surface area contributed by atoms with Gasteiger partial charge < -0.3 is 24.2 Å². The number of phosphoric acid groups is 1. The number of ether oxygens (including phenoxy) is 3. The van der Waals surface area contributed by atoms with E-state index in [2.05, 4.69) is 118 Å². The normalized spacial score (nSPS) is 14.1. The smallest absolute Gasteiger partial charge is 0.462 e. The first-order valence-electron chi connectivity index (χ1n) is 28.1. The van der Waals surface area contributed by atoms with E-state index in [0.717, 1.165) is 122 Å². The Kier molecular flexibility index (Phi) is 51.0. The molecule has 2 N–H and O–H groups in total. The number of unbranched alkanes of at least 4 members (excludes halogenated alkanes) is 18. The molecule has 72 heavy (non-hydrogen) atoms. The van der Waals surface area contributed by atoms with Crippen molar-refractivity contribution in [2.75, 3.05) is 26.4 Å². The Morgan fingerprint density at radius 3 is 1.12 bits per heavy atom. The maximum absolute atomic E-state index is 12.9. The Balaban J connectivity index is 4.82. The number of esters is 3. The van der Waals surface area contributed by atoms with Crippen LogP contribution in [0.4, 0.5) is 0 Å². The number of allylic oxidation sites excluding steroid dienone is 16. The summed E-state index contributed by atoms with van der Waals surface area (Å²) >= 11 is 0. The van der Waals surface area contributed by atoms with Crippen LogP contribution in [0.2, 0.25) is 0 Å². The number of rotatable bonds is 51. The lowest BCUT2D eigenvalue weighted by molar-refractivity contribution is -0.161. The molecule has 0 saturated heterocycles. The molecule has 0 radical (unpaired) electrons. The van der Waals surface area contributed by atoms with Gasteiger partial charge >= 0.3 is 25.7 Å². The minimum Gasteiger partial charge on any atom is -0.462 e. The number of carbonyl (C=O) groups excluding carboxylic acids is 3. The van der Waals surface area contributed by atoms with Gasteiger partial charge in [-0.15, -0.1) is 0 Å². The Hall–Kier alpha value is -3.60. The van der Waals surface area contributed by atoms with Gasteiger partial charge in [0.15, 0.2) is 6.10 Å². The SMILES string of the molecule is CC/C=C\C/C=C\C/C=C\C/C=C\C/C=C\CCCCCC(=O)OCC(COP(=O)(O)OCC(CO)OC(=O)CCCCCCCCCCCCC)OC(=O)CCCCCCC/C=C\C/C=C\C/C=C\CC. The molecule has 0 heterocycles. The van der Waals surface area contributed by atoms with Crippen LogP contribution in [0.5, 0.6) is 0 Å². The first kappa shape index (κ1) is 68.4. The first-order chi connectivity index (χ1) is 35.2. The second-order valence-electron chi connectivity index (χ2n) is 18.3. The zero-order valence-corrected chi connectivity index (χ0v) is 46.3. The number of hydrogen-bond donors (Lipinski definition) is 2. The lowest BCUT2D eigenvalue weighted by Gasteiger charge is -2.21. The van der Waals surface area contributed by atoms with Gasteiger partial charge in [0.25, 0.3) is 0 Å². The predicted octanol–water partition coefficient (Wildman–Crippen LogP) is 16.5. The van der Waals surface area contributed by atoms with E-state index in [1.165, 1.54) is 44.9 Å². The second-order valence-corrected chi connectivity index (χ2v) is 19.8. The average Bonchev–Trinajstić information content (AvgIpc) is 3.37. The number of phosphoric ester groups is 1. The summed E-state index contributed by atoms with van der Waals surface area (Å²) in [6.07, 6.45) is 62.3. The van der Waals surface area contributed by atoms with Crippen molar-refractivity contribution in [1.29, 1.82) is 0 Å². The third-order valence-electron chi connectivity index (χ3n) is 11.5. The van der Waals surface area contributed by atoms with Crippen LogP contribution in [0.3, 0.4) is 0 Å². The minimum absolute atomic E-state index is 0.137.